The molecule has 1 aliphatic heterocycles. The van der Waals surface area contributed by atoms with E-state index in [4.69, 9.17) is 9.47 Å². The smallest absolute Gasteiger partial charge is 0.475 e. The van der Waals surface area contributed by atoms with E-state index in [1.54, 1.807) is 26.0 Å². The fraction of sp³-hybridized carbons (Fsp3) is 0.500. The largest absolute Gasteiger partial charge is 0.511 e. The summed E-state index contributed by atoms with van der Waals surface area (Å²) >= 11 is 0. The summed E-state index contributed by atoms with van der Waals surface area (Å²) in [7, 11) is 0. The van der Waals surface area contributed by atoms with Crippen LogP contribution in [0.25, 0.3) is 6.08 Å². The summed E-state index contributed by atoms with van der Waals surface area (Å²) in [4.78, 5) is 38.3. The molecule has 0 N–H and O–H groups in total. The summed E-state index contributed by atoms with van der Waals surface area (Å²) in [5, 5.41) is 9.22. The van der Waals surface area contributed by atoms with Gasteiger partial charge >= 0.3 is 18.3 Å². The molecule has 0 spiro atoms. The van der Waals surface area contributed by atoms with Gasteiger partial charge in [-0.25, -0.2) is 9.59 Å². The van der Waals surface area contributed by atoms with Crippen LogP contribution >= 0.6 is 0 Å². The van der Waals surface area contributed by atoms with Crippen LogP contribution in [0.1, 0.15) is 30.5 Å². The average molecular weight is 477 g/mol. The highest BCUT2D eigenvalue weighted by Crippen LogP contribution is 2.39. The number of rotatable bonds is 8. The lowest BCUT2D eigenvalue weighted by Gasteiger charge is -2.29. The first-order chi connectivity index (χ1) is 15.2. The van der Waals surface area contributed by atoms with E-state index in [1.807, 2.05) is 0 Å². The molecule has 0 aliphatic carbocycles. The fourth-order valence-electron chi connectivity index (χ4n) is 2.87. The zero-order chi connectivity index (χ0) is 25.0. The second-order valence-electron chi connectivity index (χ2n) is 8.03. The quantitative estimate of drug-likeness (QED) is 0.237. The lowest BCUT2D eigenvalue weighted by molar-refractivity contribution is -0.760. The number of fused-ring (bicyclic) bond motifs is 1. The maximum absolute atomic E-state index is 13.5. The number of carbonyl (C=O) groups excluding carboxylic acids is 2. The molecule has 10 nitrogen and oxygen atoms in total. The maximum Gasteiger partial charge on any atom is 0.511 e. The van der Waals surface area contributed by atoms with Crippen molar-refractivity contribution in [2.24, 2.45) is 5.41 Å². The van der Waals surface area contributed by atoms with E-state index in [-0.39, 0.29) is 24.5 Å². The lowest BCUT2D eigenvalue weighted by Crippen LogP contribution is -2.41. The van der Waals surface area contributed by atoms with Crippen molar-refractivity contribution >= 4 is 18.2 Å². The molecule has 0 bridgehead atoms. The first kappa shape index (κ1) is 25.7. The highest BCUT2D eigenvalue weighted by molar-refractivity contribution is 5.96. The van der Waals surface area contributed by atoms with E-state index in [2.05, 4.69) is 14.3 Å². The number of esters is 1. The number of nitrogens with zero attached hydrogens (tertiary/aromatic N) is 1. The van der Waals surface area contributed by atoms with Crippen molar-refractivity contribution in [2.75, 3.05) is 20.0 Å². The molecule has 0 fully saturated rings. The predicted octanol–water partition coefficient (Wildman–Crippen LogP) is 3.90. The van der Waals surface area contributed by atoms with Gasteiger partial charge < -0.3 is 23.8 Å². The third kappa shape index (κ3) is 7.26. The van der Waals surface area contributed by atoms with Crippen LogP contribution in [0.3, 0.4) is 0 Å². The van der Waals surface area contributed by atoms with Crippen molar-refractivity contribution in [3.8, 4) is 5.75 Å². The Bertz CT molecular complexity index is 957. The molecule has 1 heterocycles. The highest BCUT2D eigenvalue weighted by Gasteiger charge is 2.49. The van der Waals surface area contributed by atoms with Gasteiger partial charge in [0.2, 0.25) is 12.9 Å². The number of hydrogen-bond donors (Lipinski definition) is 0. The van der Waals surface area contributed by atoms with Gasteiger partial charge in [0, 0.05) is 11.0 Å². The number of hydrogen-bond acceptors (Lipinski definition) is 9. The highest BCUT2D eigenvalue weighted by atomic mass is 19.4. The van der Waals surface area contributed by atoms with Gasteiger partial charge in [0.15, 0.2) is 0 Å². The number of alkyl halides is 3. The molecular formula is C20H22F3NO9. The van der Waals surface area contributed by atoms with Crippen molar-refractivity contribution in [3.63, 3.8) is 0 Å². The molecule has 13 heteroatoms. The molecule has 0 saturated heterocycles. The molecule has 0 radical (unpaired) electrons. The van der Waals surface area contributed by atoms with E-state index < -0.39 is 47.3 Å². The lowest BCUT2D eigenvalue weighted by atomic mass is 9.97. The van der Waals surface area contributed by atoms with E-state index in [0.717, 1.165) is 11.6 Å². The van der Waals surface area contributed by atoms with Gasteiger partial charge in [0.1, 0.15) is 19.0 Å². The van der Waals surface area contributed by atoms with Gasteiger partial charge in [-0.15, -0.1) is 10.1 Å². The molecule has 1 aromatic carbocycles. The Morgan fingerprint density at radius 1 is 1.12 bits per heavy atom. The number of ether oxygens (including phenoxy) is 4. The fourth-order valence-corrected chi connectivity index (χ4v) is 2.87. The molecule has 33 heavy (non-hydrogen) atoms. The zero-order valence-electron chi connectivity index (χ0n) is 18.2. The Morgan fingerprint density at radius 2 is 1.79 bits per heavy atom. The van der Waals surface area contributed by atoms with Gasteiger partial charge in [0.05, 0.1) is 5.57 Å². The Labute approximate surface area is 186 Å². The second-order valence-corrected chi connectivity index (χ2v) is 8.03. The number of benzene rings is 1. The van der Waals surface area contributed by atoms with E-state index in [0.29, 0.717) is 5.56 Å². The summed E-state index contributed by atoms with van der Waals surface area (Å²) in [6.45, 7) is 4.62. The SMILES string of the molecule is Cc1cc(C)c2c(c1)C=C(C(=O)OCOC(=O)OCC(C)(C)CO[N+](=O)[O-])C(C(F)(F)F)O2. The summed E-state index contributed by atoms with van der Waals surface area (Å²) in [5.41, 5.74) is -0.242. The third-order valence-corrected chi connectivity index (χ3v) is 4.32. The van der Waals surface area contributed by atoms with Crippen LogP contribution < -0.4 is 4.74 Å². The summed E-state index contributed by atoms with van der Waals surface area (Å²) in [6.07, 6.45) is -7.74. The van der Waals surface area contributed by atoms with Gasteiger partial charge in [-0.1, -0.05) is 25.5 Å². The van der Waals surface area contributed by atoms with E-state index in [9.17, 15) is 32.9 Å². The van der Waals surface area contributed by atoms with Gasteiger partial charge in [0.25, 0.3) is 5.09 Å². The summed E-state index contributed by atoms with van der Waals surface area (Å²) in [5.74, 6) is -1.39. The minimum absolute atomic E-state index is 0.00276. The van der Waals surface area contributed by atoms with E-state index >= 15 is 0 Å². The maximum atomic E-state index is 13.5. The van der Waals surface area contributed by atoms with Crippen LogP contribution in [0.4, 0.5) is 18.0 Å². The Kier molecular flexibility index (Phi) is 7.77. The minimum Gasteiger partial charge on any atom is -0.475 e. The van der Waals surface area contributed by atoms with Crippen LogP contribution in [0.15, 0.2) is 17.7 Å². The van der Waals surface area contributed by atoms with Crippen LogP contribution in [-0.4, -0.2) is 49.5 Å². The van der Waals surface area contributed by atoms with Crippen molar-refractivity contribution in [1.82, 2.24) is 0 Å². The molecule has 1 unspecified atom stereocenters. The van der Waals surface area contributed by atoms with E-state index in [1.165, 1.54) is 13.8 Å². The molecule has 1 aromatic rings. The van der Waals surface area contributed by atoms with Crippen molar-refractivity contribution in [2.45, 2.75) is 40.0 Å². The van der Waals surface area contributed by atoms with Crippen molar-refractivity contribution in [1.29, 1.82) is 0 Å². The zero-order valence-corrected chi connectivity index (χ0v) is 18.2. The van der Waals surface area contributed by atoms with Crippen molar-refractivity contribution in [3.05, 3.63) is 44.5 Å². The third-order valence-electron chi connectivity index (χ3n) is 4.32. The molecule has 182 valence electrons. The predicted molar refractivity (Wildman–Crippen MR) is 104 cm³/mol. The topological polar surface area (TPSA) is 123 Å². The molecule has 1 aliphatic rings. The Morgan fingerprint density at radius 3 is 2.39 bits per heavy atom. The van der Waals surface area contributed by atoms with Crippen LogP contribution in [-0.2, 0) is 23.8 Å². The molecule has 0 amide bonds. The average Bonchev–Trinajstić information content (AvgIpc) is 2.69. The Balaban J connectivity index is 1.99. The molecule has 1 atom stereocenters. The van der Waals surface area contributed by atoms with Crippen LogP contribution in [0.2, 0.25) is 0 Å². The molecular weight excluding hydrogens is 455 g/mol. The first-order valence-corrected chi connectivity index (χ1v) is 9.50. The second kappa shape index (κ2) is 9.96. The summed E-state index contributed by atoms with van der Waals surface area (Å²) < 4.78 is 59.5. The standard InChI is InChI=1S/C20H22F3NO9/c1-11-5-12(2)15-13(6-11)7-14(16(33-15)20(21,22)23)17(25)30-10-31-18(26)29-8-19(3,4)9-32-24(27)28/h5-7,16H,8-10H2,1-4H3. The minimum atomic E-state index is -4.91. The van der Waals surface area contributed by atoms with Crippen molar-refractivity contribution < 1.29 is 51.6 Å². The molecule has 2 rings (SSSR count). The monoisotopic (exact) mass is 477 g/mol. The number of aryl methyl sites for hydroxylation is 2. The number of halogens is 3. The molecule has 0 aromatic heterocycles. The molecule has 0 saturated carbocycles. The normalized spacial score (nSPS) is 15.5. The van der Waals surface area contributed by atoms with Gasteiger partial charge in [-0.05, 0) is 31.6 Å². The summed E-state index contributed by atoms with van der Waals surface area (Å²) in [6, 6.07) is 3.20. The first-order valence-electron chi connectivity index (χ1n) is 9.50. The number of carbonyl (C=O) groups is 2. The van der Waals surface area contributed by atoms with Gasteiger partial charge in [-0.2, -0.15) is 13.2 Å². The van der Waals surface area contributed by atoms with Crippen LogP contribution in [0, 0.1) is 29.4 Å². The Hall–Kier alpha value is -3.51. The van der Waals surface area contributed by atoms with Crippen LogP contribution in [0.5, 0.6) is 5.75 Å². The van der Waals surface area contributed by atoms with Gasteiger partial charge in [-0.3, -0.25) is 0 Å².